The van der Waals surface area contributed by atoms with Gasteiger partial charge in [-0.3, -0.25) is 0 Å². The first kappa shape index (κ1) is 14.8. The van der Waals surface area contributed by atoms with E-state index in [1.54, 1.807) is 10.4 Å². The van der Waals surface area contributed by atoms with E-state index in [1.807, 2.05) is 24.1 Å². The summed E-state index contributed by atoms with van der Waals surface area (Å²) >= 11 is 3.37. The van der Waals surface area contributed by atoms with Gasteiger partial charge >= 0.3 is 0 Å². The summed E-state index contributed by atoms with van der Waals surface area (Å²) in [6.07, 6.45) is 2.43. The summed E-state index contributed by atoms with van der Waals surface area (Å²) in [5, 5.41) is 5.30. The third-order valence-corrected chi connectivity index (χ3v) is 8.06. The van der Waals surface area contributed by atoms with Crippen LogP contribution in [0.2, 0.25) is 0 Å². The van der Waals surface area contributed by atoms with E-state index in [-0.39, 0.29) is 6.04 Å². The van der Waals surface area contributed by atoms with Crippen LogP contribution in [0.1, 0.15) is 24.6 Å². The van der Waals surface area contributed by atoms with Crippen molar-refractivity contribution >= 4 is 33.1 Å². The van der Waals surface area contributed by atoms with E-state index >= 15 is 0 Å². The van der Waals surface area contributed by atoms with Gasteiger partial charge in [-0.1, -0.05) is 0 Å². The van der Waals surface area contributed by atoms with Crippen LogP contribution in [0.15, 0.2) is 16.3 Å². The van der Waals surface area contributed by atoms with Crippen molar-refractivity contribution in [2.75, 3.05) is 18.1 Å². The SMILES string of the molecule is CC1CSCCN1S(=O)(=O)c1ccsc1CNC1CC1. The van der Waals surface area contributed by atoms with E-state index in [1.165, 1.54) is 24.2 Å². The van der Waals surface area contributed by atoms with Crippen LogP contribution in [0.5, 0.6) is 0 Å². The Morgan fingerprint density at radius 3 is 2.95 bits per heavy atom. The molecule has 1 N–H and O–H groups in total. The lowest BCUT2D eigenvalue weighted by Crippen LogP contribution is -2.44. The quantitative estimate of drug-likeness (QED) is 0.897. The molecule has 1 saturated carbocycles. The van der Waals surface area contributed by atoms with Crippen molar-refractivity contribution in [3.8, 4) is 0 Å². The topological polar surface area (TPSA) is 49.4 Å². The Balaban J connectivity index is 1.80. The third kappa shape index (κ3) is 3.06. The summed E-state index contributed by atoms with van der Waals surface area (Å²) in [7, 11) is -3.34. The number of nitrogens with zero attached hydrogens (tertiary/aromatic N) is 1. The van der Waals surface area contributed by atoms with Gasteiger partial charge < -0.3 is 5.32 Å². The van der Waals surface area contributed by atoms with Gasteiger partial charge in [0.05, 0.1) is 4.90 Å². The third-order valence-electron chi connectivity index (χ3n) is 3.73. The van der Waals surface area contributed by atoms with Crippen LogP contribution < -0.4 is 5.32 Å². The lowest BCUT2D eigenvalue weighted by molar-refractivity contribution is 0.367. The second-order valence-electron chi connectivity index (χ2n) is 5.40. The average molecular weight is 333 g/mol. The summed E-state index contributed by atoms with van der Waals surface area (Å²) in [4.78, 5) is 1.46. The Morgan fingerprint density at radius 1 is 1.45 bits per heavy atom. The Morgan fingerprint density at radius 2 is 2.25 bits per heavy atom. The lowest BCUT2D eigenvalue weighted by Gasteiger charge is -2.32. The first-order valence-electron chi connectivity index (χ1n) is 6.98. The van der Waals surface area contributed by atoms with E-state index in [0.717, 1.165) is 16.4 Å². The number of thioether (sulfide) groups is 1. The van der Waals surface area contributed by atoms with E-state index in [0.29, 0.717) is 24.0 Å². The van der Waals surface area contributed by atoms with Crippen molar-refractivity contribution in [1.29, 1.82) is 0 Å². The maximum Gasteiger partial charge on any atom is 0.244 e. The Kier molecular flexibility index (Phi) is 4.42. The average Bonchev–Trinajstić information content (AvgIpc) is 3.12. The summed E-state index contributed by atoms with van der Waals surface area (Å²) in [6, 6.07) is 2.44. The highest BCUT2D eigenvalue weighted by Gasteiger charge is 2.33. The molecule has 0 bridgehead atoms. The molecule has 1 aliphatic carbocycles. The van der Waals surface area contributed by atoms with Gasteiger partial charge in [-0.2, -0.15) is 16.1 Å². The minimum absolute atomic E-state index is 0.0860. The first-order valence-corrected chi connectivity index (χ1v) is 10.5. The van der Waals surface area contributed by atoms with E-state index in [4.69, 9.17) is 0 Å². The smallest absolute Gasteiger partial charge is 0.244 e. The van der Waals surface area contributed by atoms with Crippen molar-refractivity contribution in [2.45, 2.75) is 43.3 Å². The normalized spacial score (nSPS) is 24.9. The molecule has 1 aromatic rings. The van der Waals surface area contributed by atoms with Crippen LogP contribution in [0, 0.1) is 0 Å². The largest absolute Gasteiger partial charge is 0.309 e. The maximum atomic E-state index is 12.8. The zero-order valence-corrected chi connectivity index (χ0v) is 14.0. The Labute approximate surface area is 129 Å². The number of sulfonamides is 1. The second kappa shape index (κ2) is 5.96. The Hall–Kier alpha value is -0.0800. The van der Waals surface area contributed by atoms with Gasteiger partial charge in [0.2, 0.25) is 10.0 Å². The molecule has 2 aliphatic rings. The van der Waals surface area contributed by atoms with Gasteiger partial charge in [-0.25, -0.2) is 8.42 Å². The van der Waals surface area contributed by atoms with Crippen LogP contribution in [0.25, 0.3) is 0 Å². The van der Waals surface area contributed by atoms with Crippen molar-refractivity contribution in [3.63, 3.8) is 0 Å². The maximum absolute atomic E-state index is 12.8. The molecule has 4 nitrogen and oxygen atoms in total. The van der Waals surface area contributed by atoms with E-state index in [2.05, 4.69) is 5.32 Å². The number of hydrogen-bond donors (Lipinski definition) is 1. The number of thiophene rings is 1. The molecule has 112 valence electrons. The standard InChI is InChI=1S/C13H20N2O2S3/c1-10-9-18-7-5-15(10)20(16,17)13-4-6-19-12(13)8-14-11-2-3-11/h4,6,10-11,14H,2-3,5,7-9H2,1H3. The summed E-state index contributed by atoms with van der Waals surface area (Å²) < 4.78 is 27.3. The van der Waals surface area contributed by atoms with Gasteiger partial charge in [0.15, 0.2) is 0 Å². The second-order valence-corrected chi connectivity index (χ2v) is 9.41. The lowest BCUT2D eigenvalue weighted by atomic mass is 10.4. The van der Waals surface area contributed by atoms with Gasteiger partial charge in [-0.05, 0) is 31.2 Å². The minimum atomic E-state index is -3.34. The number of rotatable bonds is 5. The molecule has 1 aliphatic heterocycles. The molecule has 0 spiro atoms. The summed E-state index contributed by atoms with van der Waals surface area (Å²) in [6.45, 7) is 3.30. The molecule has 0 radical (unpaired) electrons. The predicted octanol–water partition coefficient (Wildman–Crippen LogP) is 2.13. The predicted molar refractivity (Wildman–Crippen MR) is 84.9 cm³/mol. The van der Waals surface area contributed by atoms with Gasteiger partial charge in [0, 0.05) is 41.6 Å². The van der Waals surface area contributed by atoms with Crippen LogP contribution in [-0.4, -0.2) is 42.9 Å². The van der Waals surface area contributed by atoms with Crippen molar-refractivity contribution < 1.29 is 8.42 Å². The molecule has 1 unspecified atom stereocenters. The fourth-order valence-electron chi connectivity index (χ4n) is 2.41. The Bertz CT molecular complexity index is 566. The molecule has 0 amide bonds. The highest BCUT2D eigenvalue weighted by atomic mass is 32.2. The van der Waals surface area contributed by atoms with Crippen LogP contribution in [0.3, 0.4) is 0 Å². The molecule has 3 rings (SSSR count). The van der Waals surface area contributed by atoms with Crippen LogP contribution in [0.4, 0.5) is 0 Å². The molecule has 1 atom stereocenters. The highest BCUT2D eigenvalue weighted by molar-refractivity contribution is 7.99. The monoisotopic (exact) mass is 332 g/mol. The number of hydrogen-bond acceptors (Lipinski definition) is 5. The molecular formula is C13H20N2O2S3. The minimum Gasteiger partial charge on any atom is -0.309 e. The molecule has 1 aromatic heterocycles. The van der Waals surface area contributed by atoms with Crippen molar-refractivity contribution in [3.05, 3.63) is 16.3 Å². The van der Waals surface area contributed by atoms with Gasteiger partial charge in [0.25, 0.3) is 0 Å². The summed E-state index contributed by atoms with van der Waals surface area (Å²) in [5.41, 5.74) is 0. The fourth-order valence-corrected chi connectivity index (χ4v) is 6.63. The van der Waals surface area contributed by atoms with Crippen LogP contribution >= 0.6 is 23.1 Å². The molecule has 7 heteroatoms. The van der Waals surface area contributed by atoms with E-state index in [9.17, 15) is 8.42 Å². The van der Waals surface area contributed by atoms with Crippen molar-refractivity contribution in [2.24, 2.45) is 0 Å². The highest BCUT2D eigenvalue weighted by Crippen LogP contribution is 2.30. The molecule has 0 aromatic carbocycles. The van der Waals surface area contributed by atoms with E-state index < -0.39 is 10.0 Å². The van der Waals surface area contributed by atoms with Gasteiger partial charge in [0.1, 0.15) is 0 Å². The first-order chi connectivity index (χ1) is 9.59. The van der Waals surface area contributed by atoms with Gasteiger partial charge in [-0.15, -0.1) is 11.3 Å². The fraction of sp³-hybridized carbons (Fsp3) is 0.692. The number of nitrogens with one attached hydrogen (secondary N) is 1. The molecular weight excluding hydrogens is 312 g/mol. The zero-order valence-electron chi connectivity index (χ0n) is 11.5. The molecule has 2 heterocycles. The zero-order chi connectivity index (χ0) is 14.2. The molecule has 20 heavy (non-hydrogen) atoms. The van der Waals surface area contributed by atoms with Crippen molar-refractivity contribution in [1.82, 2.24) is 9.62 Å². The van der Waals surface area contributed by atoms with Crippen LogP contribution in [-0.2, 0) is 16.6 Å². The summed E-state index contributed by atoms with van der Waals surface area (Å²) in [5.74, 6) is 1.78. The molecule has 2 fully saturated rings. The molecule has 1 saturated heterocycles.